The molecule has 1 aromatic rings. The van der Waals surface area contributed by atoms with Gasteiger partial charge in [0.05, 0.1) is 13.0 Å². The van der Waals surface area contributed by atoms with E-state index in [1.807, 2.05) is 0 Å². The number of methoxy groups -OCH3 is 1. The predicted octanol–water partition coefficient (Wildman–Crippen LogP) is 1.32. The van der Waals surface area contributed by atoms with Crippen molar-refractivity contribution in [2.45, 2.75) is 19.4 Å². The average molecular weight is 294 g/mol. The normalized spacial score (nSPS) is 18.0. The molecule has 1 fully saturated rings. The van der Waals surface area contributed by atoms with E-state index in [1.54, 1.807) is 24.1 Å². The molecule has 1 aliphatic heterocycles. The first kappa shape index (κ1) is 15.3. The second-order valence-corrected chi connectivity index (χ2v) is 5.20. The maximum absolute atomic E-state index is 13.6. The molecule has 1 unspecified atom stereocenters. The third-order valence-electron chi connectivity index (χ3n) is 3.63. The Morgan fingerprint density at radius 2 is 2.29 bits per heavy atom. The molecule has 1 saturated heterocycles. The molecule has 0 spiro atoms. The summed E-state index contributed by atoms with van der Waals surface area (Å²) < 4.78 is 18.5. The van der Waals surface area contributed by atoms with Gasteiger partial charge >= 0.3 is 0 Å². The summed E-state index contributed by atoms with van der Waals surface area (Å²) in [6, 6.07) is 4.64. The third-order valence-corrected chi connectivity index (χ3v) is 3.63. The molecule has 2 amide bonds. The van der Waals surface area contributed by atoms with Crippen molar-refractivity contribution in [3.05, 3.63) is 29.6 Å². The van der Waals surface area contributed by atoms with Crippen molar-refractivity contribution in [1.82, 2.24) is 10.2 Å². The Morgan fingerprint density at radius 3 is 2.86 bits per heavy atom. The zero-order valence-corrected chi connectivity index (χ0v) is 12.2. The molecule has 0 saturated carbocycles. The number of nitrogens with zero attached hydrogens (tertiary/aromatic N) is 1. The number of rotatable bonds is 4. The number of carbonyl (C=O) groups excluding carboxylic acids is 2. The molecule has 0 bridgehead atoms. The lowest BCUT2D eigenvalue weighted by atomic mass is 9.97. The summed E-state index contributed by atoms with van der Waals surface area (Å²) in [4.78, 5) is 24.9. The minimum atomic E-state index is -0.444. The lowest BCUT2D eigenvalue weighted by Gasteiger charge is -2.26. The van der Waals surface area contributed by atoms with E-state index in [1.165, 1.54) is 13.2 Å². The molecule has 0 aliphatic carbocycles. The molecule has 0 radical (unpaired) electrons. The van der Waals surface area contributed by atoms with Crippen LogP contribution in [-0.2, 0) is 16.1 Å². The summed E-state index contributed by atoms with van der Waals surface area (Å²) in [6.07, 6.45) is 0.938. The lowest BCUT2D eigenvalue weighted by molar-refractivity contribution is -0.136. The highest BCUT2D eigenvalue weighted by Gasteiger charge is 2.26. The van der Waals surface area contributed by atoms with Crippen LogP contribution in [0, 0.1) is 11.7 Å². The lowest BCUT2D eigenvalue weighted by Crippen LogP contribution is -2.43. The smallest absolute Gasteiger partial charge is 0.227 e. The van der Waals surface area contributed by atoms with Gasteiger partial charge in [-0.1, -0.05) is 6.07 Å². The van der Waals surface area contributed by atoms with Crippen molar-refractivity contribution in [1.29, 1.82) is 0 Å². The molecule has 6 heteroatoms. The second-order valence-electron chi connectivity index (χ2n) is 5.20. The van der Waals surface area contributed by atoms with E-state index in [4.69, 9.17) is 4.74 Å². The van der Waals surface area contributed by atoms with Crippen LogP contribution in [0.3, 0.4) is 0 Å². The summed E-state index contributed by atoms with van der Waals surface area (Å²) >= 11 is 0. The Bertz CT molecular complexity index is 538. The van der Waals surface area contributed by atoms with Crippen molar-refractivity contribution in [3.63, 3.8) is 0 Å². The third kappa shape index (κ3) is 3.71. The molecule has 114 valence electrons. The minimum absolute atomic E-state index is 0.0149. The van der Waals surface area contributed by atoms with E-state index in [0.717, 1.165) is 0 Å². The highest BCUT2D eigenvalue weighted by molar-refractivity contribution is 5.83. The van der Waals surface area contributed by atoms with Gasteiger partial charge in [0.25, 0.3) is 0 Å². The summed E-state index contributed by atoms with van der Waals surface area (Å²) in [5, 5.41) is 2.69. The fourth-order valence-electron chi connectivity index (χ4n) is 2.42. The van der Waals surface area contributed by atoms with Crippen molar-refractivity contribution >= 4 is 11.8 Å². The minimum Gasteiger partial charge on any atom is -0.494 e. The molecular weight excluding hydrogens is 275 g/mol. The van der Waals surface area contributed by atoms with Crippen LogP contribution < -0.4 is 10.1 Å². The molecule has 1 atom stereocenters. The molecular formula is C15H19FN2O3. The topological polar surface area (TPSA) is 58.6 Å². The highest BCUT2D eigenvalue weighted by Crippen LogP contribution is 2.20. The number of benzene rings is 1. The van der Waals surface area contributed by atoms with Crippen LogP contribution in [0.1, 0.15) is 18.4 Å². The number of hydrogen-bond donors (Lipinski definition) is 1. The SMILES string of the molecule is COc1ccc(CN(C)C(=O)C2CCC(=O)NC2)cc1F. The molecule has 2 rings (SSSR count). The van der Waals surface area contributed by atoms with E-state index in [9.17, 15) is 14.0 Å². The summed E-state index contributed by atoms with van der Waals surface area (Å²) in [5.74, 6) is -0.510. The number of ether oxygens (including phenoxy) is 1. The van der Waals surface area contributed by atoms with E-state index in [2.05, 4.69) is 5.32 Å². The first-order valence-corrected chi connectivity index (χ1v) is 6.85. The van der Waals surface area contributed by atoms with Gasteiger partial charge in [-0.05, 0) is 24.1 Å². The van der Waals surface area contributed by atoms with E-state index in [0.29, 0.717) is 31.5 Å². The van der Waals surface area contributed by atoms with Gasteiger partial charge in [0.15, 0.2) is 11.6 Å². The highest BCUT2D eigenvalue weighted by atomic mass is 19.1. The van der Waals surface area contributed by atoms with Gasteiger partial charge in [-0.2, -0.15) is 0 Å². The van der Waals surface area contributed by atoms with Crippen molar-refractivity contribution in [2.24, 2.45) is 5.92 Å². The molecule has 5 nitrogen and oxygen atoms in total. The van der Waals surface area contributed by atoms with Crippen LogP contribution in [0.25, 0.3) is 0 Å². The number of carbonyl (C=O) groups is 2. The number of hydrogen-bond acceptors (Lipinski definition) is 3. The molecule has 21 heavy (non-hydrogen) atoms. The van der Waals surface area contributed by atoms with Gasteiger partial charge in [0.1, 0.15) is 0 Å². The largest absolute Gasteiger partial charge is 0.494 e. The molecule has 0 aromatic heterocycles. The van der Waals surface area contributed by atoms with Crippen LogP contribution in [0.2, 0.25) is 0 Å². The summed E-state index contributed by atoms with van der Waals surface area (Å²) in [7, 11) is 3.09. The molecule has 1 aromatic carbocycles. The quantitative estimate of drug-likeness (QED) is 0.911. The van der Waals surface area contributed by atoms with Crippen molar-refractivity contribution < 1.29 is 18.7 Å². The number of nitrogens with one attached hydrogen (secondary N) is 1. The standard InChI is InChI=1S/C15H19FN2O3/c1-18(15(20)11-4-6-14(19)17-8-11)9-10-3-5-13(21-2)12(16)7-10/h3,5,7,11H,4,6,8-9H2,1-2H3,(H,17,19). The van der Waals surface area contributed by atoms with Gasteiger partial charge in [-0.15, -0.1) is 0 Å². The maximum Gasteiger partial charge on any atom is 0.227 e. The van der Waals surface area contributed by atoms with E-state index < -0.39 is 5.82 Å². The van der Waals surface area contributed by atoms with Gasteiger partial charge in [-0.3, -0.25) is 9.59 Å². The molecule has 1 heterocycles. The second kappa shape index (κ2) is 6.56. The number of amides is 2. The van der Waals surface area contributed by atoms with Crippen LogP contribution in [-0.4, -0.2) is 37.4 Å². The predicted molar refractivity (Wildman–Crippen MR) is 75.2 cm³/mol. The molecule has 1 N–H and O–H groups in total. The monoisotopic (exact) mass is 294 g/mol. The van der Waals surface area contributed by atoms with Crippen LogP contribution in [0.5, 0.6) is 5.75 Å². The van der Waals surface area contributed by atoms with Gasteiger partial charge < -0.3 is 15.0 Å². The van der Waals surface area contributed by atoms with Crippen LogP contribution in [0.4, 0.5) is 4.39 Å². The molecule has 1 aliphatic rings. The van der Waals surface area contributed by atoms with Crippen LogP contribution in [0.15, 0.2) is 18.2 Å². The Kier molecular flexibility index (Phi) is 4.77. The first-order valence-electron chi connectivity index (χ1n) is 6.85. The fraction of sp³-hybridized carbons (Fsp3) is 0.467. The van der Waals surface area contributed by atoms with Gasteiger partial charge in [-0.25, -0.2) is 4.39 Å². The van der Waals surface area contributed by atoms with Crippen molar-refractivity contribution in [3.8, 4) is 5.75 Å². The Morgan fingerprint density at radius 1 is 1.52 bits per heavy atom. The van der Waals surface area contributed by atoms with Gasteiger partial charge in [0, 0.05) is 26.6 Å². The Labute approximate surface area is 123 Å². The zero-order valence-electron chi connectivity index (χ0n) is 12.2. The van der Waals surface area contributed by atoms with E-state index >= 15 is 0 Å². The first-order chi connectivity index (χ1) is 10.0. The van der Waals surface area contributed by atoms with E-state index in [-0.39, 0.29) is 23.5 Å². The average Bonchev–Trinajstić information content (AvgIpc) is 2.47. The zero-order chi connectivity index (χ0) is 15.4. The summed E-state index contributed by atoms with van der Waals surface area (Å²) in [5.41, 5.74) is 0.698. The Balaban J connectivity index is 1.97. The maximum atomic E-state index is 13.6. The van der Waals surface area contributed by atoms with Crippen LogP contribution >= 0.6 is 0 Å². The number of halogens is 1. The summed E-state index contributed by atoms with van der Waals surface area (Å²) in [6.45, 7) is 0.698. The number of piperidine rings is 1. The fourth-order valence-corrected chi connectivity index (χ4v) is 2.42. The Hall–Kier alpha value is -2.11. The van der Waals surface area contributed by atoms with Crippen molar-refractivity contribution in [2.75, 3.05) is 20.7 Å². The van der Waals surface area contributed by atoms with Gasteiger partial charge in [0.2, 0.25) is 11.8 Å².